The molecule has 6 heteroatoms. The van der Waals surface area contributed by atoms with Crippen molar-refractivity contribution in [2.24, 2.45) is 11.3 Å². The van der Waals surface area contributed by atoms with E-state index < -0.39 is 11.4 Å². The van der Waals surface area contributed by atoms with Gasteiger partial charge in [0.15, 0.2) is 0 Å². The molecule has 1 aromatic rings. The molecule has 3 atom stereocenters. The number of benzene rings is 1. The molecular weight excluding hydrogens is 332 g/mol. The van der Waals surface area contributed by atoms with Gasteiger partial charge in [0, 0.05) is 24.7 Å². The molecule has 1 aromatic carbocycles. The highest BCUT2D eigenvalue weighted by atomic mass is 16.4. The van der Waals surface area contributed by atoms with Crippen LogP contribution in [0.1, 0.15) is 49.4 Å². The van der Waals surface area contributed by atoms with Crippen molar-refractivity contribution in [1.82, 2.24) is 10.2 Å². The zero-order valence-corrected chi connectivity index (χ0v) is 15.1. The minimum atomic E-state index is -0.787. The van der Waals surface area contributed by atoms with E-state index in [4.69, 9.17) is 5.11 Å². The molecule has 1 saturated carbocycles. The fourth-order valence-corrected chi connectivity index (χ4v) is 4.06. The van der Waals surface area contributed by atoms with Crippen LogP contribution in [0.3, 0.4) is 0 Å². The Balaban J connectivity index is 1.62. The number of carboxylic acids is 1. The molecule has 1 saturated heterocycles. The van der Waals surface area contributed by atoms with Crippen LogP contribution in [0.2, 0.25) is 0 Å². The van der Waals surface area contributed by atoms with Gasteiger partial charge in [-0.15, -0.1) is 0 Å². The largest absolute Gasteiger partial charge is 0.481 e. The molecule has 1 unspecified atom stereocenters. The highest BCUT2D eigenvalue weighted by molar-refractivity contribution is 5.95. The maximum atomic E-state index is 12.9. The second kappa shape index (κ2) is 7.48. The number of nitrogens with one attached hydrogen (secondary N) is 1. The van der Waals surface area contributed by atoms with E-state index in [2.05, 4.69) is 5.32 Å². The number of aliphatic carboxylic acids is 1. The number of likely N-dealkylation sites (tertiary alicyclic amines) is 1. The average Bonchev–Trinajstić information content (AvgIpc) is 3.11. The zero-order chi connectivity index (χ0) is 18.7. The zero-order valence-electron chi connectivity index (χ0n) is 15.1. The predicted molar refractivity (Wildman–Crippen MR) is 96.6 cm³/mol. The number of carbonyl (C=O) groups excluding carboxylic acids is 2. The number of piperidine rings is 1. The first-order chi connectivity index (χ1) is 12.4. The molecule has 2 N–H and O–H groups in total. The Bertz CT molecular complexity index is 690. The number of hydrogen-bond donors (Lipinski definition) is 2. The Labute approximate surface area is 153 Å². The summed E-state index contributed by atoms with van der Waals surface area (Å²) >= 11 is 0. The molecule has 6 nitrogen and oxygen atoms in total. The monoisotopic (exact) mass is 358 g/mol. The first-order valence-electron chi connectivity index (χ1n) is 9.27. The molecule has 0 spiro atoms. The lowest BCUT2D eigenvalue weighted by Gasteiger charge is -2.40. The summed E-state index contributed by atoms with van der Waals surface area (Å²) in [6, 6.07) is 9.04. The second-order valence-corrected chi connectivity index (χ2v) is 7.78. The van der Waals surface area contributed by atoms with E-state index >= 15 is 0 Å². The van der Waals surface area contributed by atoms with Gasteiger partial charge in [-0.05, 0) is 51.2 Å². The van der Waals surface area contributed by atoms with Crippen molar-refractivity contribution in [2.75, 3.05) is 13.1 Å². The topological polar surface area (TPSA) is 86.7 Å². The second-order valence-electron chi connectivity index (χ2n) is 7.78. The first kappa shape index (κ1) is 18.4. The van der Waals surface area contributed by atoms with Gasteiger partial charge >= 0.3 is 5.97 Å². The van der Waals surface area contributed by atoms with E-state index in [9.17, 15) is 14.4 Å². The molecule has 1 aliphatic heterocycles. The highest BCUT2D eigenvalue weighted by Crippen LogP contribution is 2.32. The van der Waals surface area contributed by atoms with Crippen LogP contribution in [-0.4, -0.2) is 46.9 Å². The number of rotatable bonds is 4. The molecule has 1 aliphatic carbocycles. The molecule has 0 aromatic heterocycles. The normalized spacial score (nSPS) is 28.6. The van der Waals surface area contributed by atoms with Gasteiger partial charge in [-0.3, -0.25) is 14.4 Å². The molecule has 2 fully saturated rings. The van der Waals surface area contributed by atoms with E-state index in [1.807, 2.05) is 25.1 Å². The minimum absolute atomic E-state index is 0.0452. The summed E-state index contributed by atoms with van der Waals surface area (Å²) in [5.74, 6) is -1.27. The van der Waals surface area contributed by atoms with Gasteiger partial charge < -0.3 is 15.3 Å². The Kier molecular flexibility index (Phi) is 5.30. The average molecular weight is 358 g/mol. The van der Waals surface area contributed by atoms with Gasteiger partial charge in [0.1, 0.15) is 0 Å². The van der Waals surface area contributed by atoms with Crippen LogP contribution in [0, 0.1) is 11.3 Å². The third-order valence-electron chi connectivity index (χ3n) is 5.67. The molecule has 1 heterocycles. The van der Waals surface area contributed by atoms with Crippen molar-refractivity contribution in [3.8, 4) is 0 Å². The third kappa shape index (κ3) is 3.89. The Hall–Kier alpha value is -2.37. The van der Waals surface area contributed by atoms with Crippen molar-refractivity contribution in [1.29, 1.82) is 0 Å². The summed E-state index contributed by atoms with van der Waals surface area (Å²) in [7, 11) is 0. The molecule has 0 bridgehead atoms. The fourth-order valence-electron chi connectivity index (χ4n) is 4.06. The lowest BCUT2D eigenvalue weighted by atomic mass is 9.80. The van der Waals surface area contributed by atoms with E-state index in [1.165, 1.54) is 0 Å². The van der Waals surface area contributed by atoms with Crippen LogP contribution < -0.4 is 5.32 Å². The quantitative estimate of drug-likeness (QED) is 0.865. The van der Waals surface area contributed by atoms with Crippen LogP contribution in [-0.2, 0) is 9.59 Å². The smallest absolute Gasteiger partial charge is 0.306 e. The van der Waals surface area contributed by atoms with Crippen molar-refractivity contribution in [3.63, 3.8) is 0 Å². The summed E-state index contributed by atoms with van der Waals surface area (Å²) in [4.78, 5) is 38.4. The Morgan fingerprint density at radius 3 is 2.58 bits per heavy atom. The maximum absolute atomic E-state index is 12.9. The fraction of sp³-hybridized carbons (Fsp3) is 0.550. The highest BCUT2D eigenvalue weighted by Gasteiger charge is 2.41. The van der Waals surface area contributed by atoms with Gasteiger partial charge in [-0.1, -0.05) is 18.2 Å². The molecule has 140 valence electrons. The van der Waals surface area contributed by atoms with Gasteiger partial charge in [-0.2, -0.15) is 0 Å². The van der Waals surface area contributed by atoms with E-state index in [0.717, 1.165) is 12.8 Å². The van der Waals surface area contributed by atoms with Crippen molar-refractivity contribution in [3.05, 3.63) is 35.9 Å². The van der Waals surface area contributed by atoms with E-state index in [1.54, 1.807) is 17.0 Å². The first-order valence-corrected chi connectivity index (χ1v) is 9.27. The van der Waals surface area contributed by atoms with Gasteiger partial charge in [0.05, 0.1) is 11.3 Å². The number of hydrogen-bond acceptors (Lipinski definition) is 3. The molecule has 0 radical (unpaired) electrons. The Morgan fingerprint density at radius 1 is 1.19 bits per heavy atom. The summed E-state index contributed by atoms with van der Waals surface area (Å²) < 4.78 is 0. The predicted octanol–water partition coefficient (Wildman–Crippen LogP) is 2.30. The van der Waals surface area contributed by atoms with Crippen LogP contribution in [0.25, 0.3) is 0 Å². The van der Waals surface area contributed by atoms with Crippen LogP contribution >= 0.6 is 0 Å². The lowest BCUT2D eigenvalue weighted by Crippen LogP contribution is -2.53. The summed E-state index contributed by atoms with van der Waals surface area (Å²) in [5, 5.41) is 12.1. The van der Waals surface area contributed by atoms with Gasteiger partial charge in [-0.25, -0.2) is 0 Å². The standard InChI is InChI=1S/C20H26N2O4/c1-20(19(26)21-16-9-8-15(12-16)18(24)25)10-5-11-22(13-20)17(23)14-6-3-2-4-7-14/h2-4,6-7,15-16H,5,8-13H2,1H3,(H,21,26)(H,24,25)/t15-,16+,20?/m0/s1. The van der Waals surface area contributed by atoms with E-state index in [-0.39, 0.29) is 23.8 Å². The van der Waals surface area contributed by atoms with Crippen LogP contribution in [0.4, 0.5) is 0 Å². The van der Waals surface area contributed by atoms with Crippen LogP contribution in [0.5, 0.6) is 0 Å². The SMILES string of the molecule is CC1(C(=O)N[C@@H]2CC[C@H](C(=O)O)C2)CCCN(C(=O)c2ccccc2)C1. The molecular formula is C20H26N2O4. The molecule has 26 heavy (non-hydrogen) atoms. The number of nitrogens with zero attached hydrogens (tertiary/aromatic N) is 1. The lowest BCUT2D eigenvalue weighted by molar-refractivity contribution is -0.141. The summed E-state index contributed by atoms with van der Waals surface area (Å²) in [5.41, 5.74) is 0.00142. The summed E-state index contributed by atoms with van der Waals surface area (Å²) in [6.45, 7) is 2.94. The molecule has 3 rings (SSSR count). The maximum Gasteiger partial charge on any atom is 0.306 e. The number of amides is 2. The van der Waals surface area contributed by atoms with Crippen molar-refractivity contribution in [2.45, 2.75) is 45.1 Å². The number of carboxylic acid groups (broad SMARTS) is 1. The molecule has 2 aliphatic rings. The van der Waals surface area contributed by atoms with Crippen LogP contribution in [0.15, 0.2) is 30.3 Å². The minimum Gasteiger partial charge on any atom is -0.481 e. The van der Waals surface area contributed by atoms with Crippen molar-refractivity contribution < 1.29 is 19.5 Å². The third-order valence-corrected chi connectivity index (χ3v) is 5.67. The Morgan fingerprint density at radius 2 is 1.92 bits per heavy atom. The van der Waals surface area contributed by atoms with Gasteiger partial charge in [0.2, 0.25) is 5.91 Å². The summed E-state index contributed by atoms with van der Waals surface area (Å²) in [6.07, 6.45) is 3.31. The van der Waals surface area contributed by atoms with E-state index in [0.29, 0.717) is 37.9 Å². The molecule has 2 amide bonds. The van der Waals surface area contributed by atoms with Gasteiger partial charge in [0.25, 0.3) is 5.91 Å². The number of carbonyl (C=O) groups is 3. The van der Waals surface area contributed by atoms with Crippen molar-refractivity contribution >= 4 is 17.8 Å².